The highest BCUT2D eigenvalue weighted by atomic mass is 35.5. The van der Waals surface area contributed by atoms with Crippen molar-refractivity contribution in [3.05, 3.63) is 64.1 Å². The van der Waals surface area contributed by atoms with Crippen LogP contribution in [0.25, 0.3) is 0 Å². The van der Waals surface area contributed by atoms with Crippen molar-refractivity contribution in [3.8, 4) is 0 Å². The maximum Gasteiger partial charge on any atom is 0.254 e. The lowest BCUT2D eigenvalue weighted by Crippen LogP contribution is -2.43. The summed E-state index contributed by atoms with van der Waals surface area (Å²) in [7, 11) is 0. The number of hydrogen-bond donors (Lipinski definition) is 1. The molecule has 2 amide bonds. The summed E-state index contributed by atoms with van der Waals surface area (Å²) in [4.78, 5) is 26.8. The highest BCUT2D eigenvalue weighted by molar-refractivity contribution is 6.35. The van der Waals surface area contributed by atoms with Crippen LogP contribution in [-0.4, -0.2) is 29.3 Å². The first-order valence-corrected chi connectivity index (χ1v) is 8.43. The van der Waals surface area contributed by atoms with E-state index >= 15 is 0 Å². The third-order valence-corrected chi connectivity index (χ3v) is 4.40. The number of halogens is 2. The van der Waals surface area contributed by atoms with Crippen molar-refractivity contribution in [2.45, 2.75) is 18.9 Å². The summed E-state index contributed by atoms with van der Waals surface area (Å²) in [6.45, 7) is 0.572. The number of hydrogen-bond acceptors (Lipinski definition) is 2. The van der Waals surface area contributed by atoms with Crippen molar-refractivity contribution in [2.24, 2.45) is 0 Å². The fourth-order valence-corrected chi connectivity index (χ4v) is 3.41. The second kappa shape index (κ2) is 7.24. The molecule has 0 aromatic heterocycles. The van der Waals surface area contributed by atoms with E-state index in [1.54, 1.807) is 35.2 Å². The molecule has 4 nitrogen and oxygen atoms in total. The molecule has 6 heteroatoms. The maximum atomic E-state index is 12.6. The van der Waals surface area contributed by atoms with Crippen LogP contribution in [0, 0.1) is 0 Å². The molecule has 1 aliphatic rings. The molecule has 1 atom stereocenters. The smallest absolute Gasteiger partial charge is 0.254 e. The molecule has 3 rings (SSSR count). The summed E-state index contributed by atoms with van der Waals surface area (Å²) >= 11 is 11.9. The fourth-order valence-electron chi connectivity index (χ4n) is 2.88. The first kappa shape index (κ1) is 16.8. The first-order chi connectivity index (χ1) is 11.5. The molecule has 24 heavy (non-hydrogen) atoms. The van der Waals surface area contributed by atoms with E-state index in [-0.39, 0.29) is 11.8 Å². The summed E-state index contributed by atoms with van der Waals surface area (Å²) in [6.07, 6.45) is 1.44. The van der Waals surface area contributed by atoms with Crippen LogP contribution in [0.15, 0.2) is 48.5 Å². The highest BCUT2D eigenvalue weighted by Crippen LogP contribution is 2.25. The van der Waals surface area contributed by atoms with Gasteiger partial charge in [0.15, 0.2) is 0 Å². The van der Waals surface area contributed by atoms with E-state index in [1.165, 1.54) is 0 Å². The zero-order valence-corrected chi connectivity index (χ0v) is 14.3. The number of likely N-dealkylation sites (tertiary alicyclic amines) is 1. The Morgan fingerprint density at radius 2 is 1.71 bits per heavy atom. The van der Waals surface area contributed by atoms with Gasteiger partial charge in [0.1, 0.15) is 6.04 Å². The molecule has 1 N–H and O–H groups in total. The lowest BCUT2D eigenvalue weighted by molar-refractivity contribution is -0.119. The first-order valence-electron chi connectivity index (χ1n) is 7.67. The van der Waals surface area contributed by atoms with E-state index in [0.717, 1.165) is 6.42 Å². The molecule has 2 aromatic carbocycles. The summed E-state index contributed by atoms with van der Waals surface area (Å²) in [5, 5.41) is 3.69. The van der Waals surface area contributed by atoms with Crippen molar-refractivity contribution < 1.29 is 9.59 Å². The van der Waals surface area contributed by atoms with Gasteiger partial charge in [-0.25, -0.2) is 0 Å². The van der Waals surface area contributed by atoms with Gasteiger partial charge in [-0.3, -0.25) is 9.59 Å². The van der Waals surface area contributed by atoms with E-state index < -0.39 is 6.04 Å². The third kappa shape index (κ3) is 3.71. The van der Waals surface area contributed by atoms with E-state index in [2.05, 4.69) is 5.32 Å². The Bertz CT molecular complexity index is 745. The Kier molecular flexibility index (Phi) is 5.07. The minimum Gasteiger partial charge on any atom is -0.327 e. The highest BCUT2D eigenvalue weighted by Gasteiger charge is 2.34. The van der Waals surface area contributed by atoms with Crippen LogP contribution >= 0.6 is 23.2 Å². The summed E-state index contributed by atoms with van der Waals surface area (Å²) < 4.78 is 0. The molecule has 0 unspecified atom stereocenters. The zero-order valence-electron chi connectivity index (χ0n) is 12.8. The minimum absolute atomic E-state index is 0.127. The monoisotopic (exact) mass is 362 g/mol. The Hall–Kier alpha value is -2.04. The molecule has 1 saturated heterocycles. The average molecular weight is 363 g/mol. The maximum absolute atomic E-state index is 12.6. The predicted octanol–water partition coefficient (Wildman–Crippen LogP) is 4.24. The molecule has 0 spiro atoms. The largest absolute Gasteiger partial charge is 0.327 e. The third-order valence-electron chi connectivity index (χ3n) is 3.97. The van der Waals surface area contributed by atoms with Gasteiger partial charge in [0, 0.05) is 27.8 Å². The van der Waals surface area contributed by atoms with Gasteiger partial charge in [-0.1, -0.05) is 41.4 Å². The van der Waals surface area contributed by atoms with E-state index in [0.29, 0.717) is 34.3 Å². The van der Waals surface area contributed by atoms with Crippen molar-refractivity contribution in [3.63, 3.8) is 0 Å². The molecule has 1 aliphatic heterocycles. The molecule has 1 heterocycles. The van der Waals surface area contributed by atoms with Gasteiger partial charge in [-0.2, -0.15) is 0 Å². The minimum atomic E-state index is -0.490. The summed E-state index contributed by atoms with van der Waals surface area (Å²) in [5.41, 5.74) is 1.11. The summed E-state index contributed by atoms with van der Waals surface area (Å²) in [6, 6.07) is 13.4. The van der Waals surface area contributed by atoms with Gasteiger partial charge in [0.2, 0.25) is 5.91 Å². The van der Waals surface area contributed by atoms with E-state index in [4.69, 9.17) is 23.2 Å². The zero-order chi connectivity index (χ0) is 17.1. The number of nitrogens with one attached hydrogen (secondary N) is 1. The Balaban J connectivity index is 1.75. The topological polar surface area (TPSA) is 49.4 Å². The van der Waals surface area contributed by atoms with Crippen LogP contribution in [0.3, 0.4) is 0 Å². The lowest BCUT2D eigenvalue weighted by atomic mass is 10.1. The number of rotatable bonds is 3. The molecular weight excluding hydrogens is 347 g/mol. The second-order valence-electron chi connectivity index (χ2n) is 5.67. The number of carbonyl (C=O) groups is 2. The fraction of sp³-hybridized carbons (Fsp3) is 0.222. The van der Waals surface area contributed by atoms with Crippen LogP contribution in [-0.2, 0) is 4.79 Å². The predicted molar refractivity (Wildman–Crippen MR) is 95.6 cm³/mol. The lowest BCUT2D eigenvalue weighted by Gasteiger charge is -2.24. The van der Waals surface area contributed by atoms with Gasteiger partial charge in [-0.05, 0) is 43.2 Å². The summed E-state index contributed by atoms with van der Waals surface area (Å²) in [5.74, 6) is -0.354. The van der Waals surface area contributed by atoms with E-state index in [9.17, 15) is 9.59 Å². The van der Waals surface area contributed by atoms with Crippen molar-refractivity contribution in [2.75, 3.05) is 11.9 Å². The molecule has 1 fully saturated rings. The Labute approximate surface area is 150 Å². The van der Waals surface area contributed by atoms with Gasteiger partial charge in [0.05, 0.1) is 0 Å². The average Bonchev–Trinajstić information content (AvgIpc) is 3.03. The standard InChI is InChI=1S/C18H16Cl2N2O2/c19-13-9-14(20)11-15(10-13)21-17(23)16-7-4-8-22(16)18(24)12-5-2-1-3-6-12/h1-3,5-6,9-11,16H,4,7-8H2,(H,21,23)/t16-/m0/s1. The van der Waals surface area contributed by atoms with Crippen LogP contribution in [0.4, 0.5) is 5.69 Å². The Morgan fingerprint density at radius 3 is 2.38 bits per heavy atom. The molecule has 124 valence electrons. The number of carbonyl (C=O) groups excluding carboxylic acids is 2. The molecule has 0 bridgehead atoms. The molecule has 0 aliphatic carbocycles. The van der Waals surface area contributed by atoms with Crippen LogP contribution < -0.4 is 5.32 Å². The van der Waals surface area contributed by atoms with E-state index in [1.807, 2.05) is 18.2 Å². The second-order valence-corrected chi connectivity index (χ2v) is 6.54. The normalized spacial score (nSPS) is 16.9. The number of benzene rings is 2. The number of amides is 2. The SMILES string of the molecule is O=C(Nc1cc(Cl)cc(Cl)c1)[C@@H]1CCCN1C(=O)c1ccccc1. The number of nitrogens with zero attached hydrogens (tertiary/aromatic N) is 1. The Morgan fingerprint density at radius 1 is 1.04 bits per heavy atom. The van der Waals surface area contributed by atoms with Crippen molar-refractivity contribution >= 4 is 40.7 Å². The molecular formula is C18H16Cl2N2O2. The molecule has 0 saturated carbocycles. The van der Waals surface area contributed by atoms with Crippen LogP contribution in [0.5, 0.6) is 0 Å². The van der Waals surface area contributed by atoms with Crippen LogP contribution in [0.2, 0.25) is 10.0 Å². The van der Waals surface area contributed by atoms with Gasteiger partial charge < -0.3 is 10.2 Å². The quantitative estimate of drug-likeness (QED) is 0.887. The number of anilines is 1. The van der Waals surface area contributed by atoms with Gasteiger partial charge in [-0.15, -0.1) is 0 Å². The van der Waals surface area contributed by atoms with Gasteiger partial charge >= 0.3 is 0 Å². The molecule has 2 aromatic rings. The van der Waals surface area contributed by atoms with Crippen LogP contribution in [0.1, 0.15) is 23.2 Å². The van der Waals surface area contributed by atoms with Crippen molar-refractivity contribution in [1.82, 2.24) is 4.90 Å². The molecule has 0 radical (unpaired) electrons. The van der Waals surface area contributed by atoms with Crippen molar-refractivity contribution in [1.29, 1.82) is 0 Å². The van der Waals surface area contributed by atoms with Gasteiger partial charge in [0.25, 0.3) is 5.91 Å².